The number of aliphatic hydroxyl groups is 2. The van der Waals surface area contributed by atoms with Crippen LogP contribution in [-0.2, 0) is 23.1 Å². The fourth-order valence-corrected chi connectivity index (χ4v) is 6.44. The monoisotopic (exact) mass is 615 g/mol. The minimum atomic E-state index is -5.31. The molecule has 19 nitrogen and oxygen atoms in total. The number of H-pyrrole nitrogens is 2. The summed E-state index contributed by atoms with van der Waals surface area (Å²) in [4.78, 5) is 54.7. The summed E-state index contributed by atoms with van der Waals surface area (Å²) < 4.78 is 66.9. The molecule has 2 aliphatic heterocycles. The number of anilines is 1. The molecule has 4 aromatic heterocycles. The van der Waals surface area contributed by atoms with Crippen molar-refractivity contribution in [1.82, 2.24) is 39.0 Å². The van der Waals surface area contributed by atoms with Crippen LogP contribution in [0.2, 0.25) is 0 Å². The Morgan fingerprint density at radius 1 is 1.07 bits per heavy atom. The third-order valence-electron chi connectivity index (χ3n) is 7.37. The average molecular weight is 615 g/mol. The van der Waals surface area contributed by atoms with Gasteiger partial charge in [0.15, 0.2) is 52.7 Å². The van der Waals surface area contributed by atoms with E-state index in [0.29, 0.717) is 0 Å². The highest BCUT2D eigenvalue weighted by atomic mass is 31.2. The maximum absolute atomic E-state index is 15.5. The number of aromatic nitrogens is 8. The molecule has 7 N–H and O–H groups in total. The van der Waals surface area contributed by atoms with E-state index in [-0.39, 0.29) is 28.3 Å². The number of fused-ring (bicyclic) bond motifs is 3. The van der Waals surface area contributed by atoms with Crippen molar-refractivity contribution in [3.8, 4) is 0 Å². The molecule has 1 saturated carbocycles. The molecule has 3 fully saturated rings. The first kappa shape index (κ1) is 27.2. The van der Waals surface area contributed by atoms with Gasteiger partial charge >= 0.3 is 7.82 Å². The Kier molecular flexibility index (Phi) is 5.92. The quantitative estimate of drug-likeness (QED) is 0.122. The molecule has 10 atom stereocenters. The lowest BCUT2D eigenvalue weighted by molar-refractivity contribution is -0.0699. The third kappa shape index (κ3) is 3.86. The van der Waals surface area contributed by atoms with Crippen molar-refractivity contribution in [2.75, 3.05) is 12.3 Å². The smallest absolute Gasteiger partial charge is 0.394 e. The van der Waals surface area contributed by atoms with E-state index in [1.54, 1.807) is 0 Å². The van der Waals surface area contributed by atoms with Crippen LogP contribution >= 0.6 is 7.82 Å². The number of rotatable bonds is 7. The topological polar surface area (TPSA) is 268 Å². The molecule has 6 heterocycles. The van der Waals surface area contributed by atoms with Gasteiger partial charge in [0.05, 0.1) is 25.6 Å². The first-order chi connectivity index (χ1) is 19.9. The van der Waals surface area contributed by atoms with Crippen LogP contribution in [0.5, 0.6) is 0 Å². The summed E-state index contributed by atoms with van der Waals surface area (Å²) in [5.41, 5.74) is 1.33. The first-order valence-corrected chi connectivity index (χ1v) is 13.7. The van der Waals surface area contributed by atoms with Crippen molar-refractivity contribution < 1.29 is 47.0 Å². The number of halogens is 2. The van der Waals surface area contributed by atoms with Crippen LogP contribution in [0.15, 0.2) is 28.6 Å². The van der Waals surface area contributed by atoms with Gasteiger partial charge in [0.1, 0.15) is 24.4 Å². The fourth-order valence-electron chi connectivity index (χ4n) is 5.30. The molecule has 1 aliphatic carbocycles. The zero-order valence-electron chi connectivity index (χ0n) is 20.7. The van der Waals surface area contributed by atoms with E-state index in [0.717, 1.165) is 28.1 Å². The zero-order chi connectivity index (χ0) is 29.7. The van der Waals surface area contributed by atoms with Gasteiger partial charge in [-0.15, -0.1) is 0 Å². The van der Waals surface area contributed by atoms with Crippen LogP contribution in [0, 0.1) is 0 Å². The number of nitrogen functional groups attached to an aromatic ring is 1. The van der Waals surface area contributed by atoms with Gasteiger partial charge in [0.2, 0.25) is 5.95 Å². The van der Waals surface area contributed by atoms with Crippen molar-refractivity contribution in [3.63, 3.8) is 0 Å². The summed E-state index contributed by atoms with van der Waals surface area (Å²) in [5, 5.41) is 20.5. The van der Waals surface area contributed by atoms with Gasteiger partial charge in [0, 0.05) is 0 Å². The van der Waals surface area contributed by atoms with Crippen LogP contribution in [0.4, 0.5) is 14.7 Å². The third-order valence-corrected chi connectivity index (χ3v) is 8.37. The Morgan fingerprint density at radius 3 is 2.43 bits per heavy atom. The van der Waals surface area contributed by atoms with Gasteiger partial charge in [-0.25, -0.2) is 28.3 Å². The highest BCUT2D eigenvalue weighted by Gasteiger charge is 2.80. The van der Waals surface area contributed by atoms with Gasteiger partial charge < -0.3 is 35.3 Å². The lowest BCUT2D eigenvalue weighted by Crippen LogP contribution is -2.35. The predicted molar refractivity (Wildman–Crippen MR) is 130 cm³/mol. The van der Waals surface area contributed by atoms with Crippen molar-refractivity contribution in [2.45, 2.75) is 54.8 Å². The van der Waals surface area contributed by atoms with Gasteiger partial charge in [-0.3, -0.25) is 32.8 Å². The summed E-state index contributed by atoms with van der Waals surface area (Å²) in [6.07, 6.45) is -11.0. The van der Waals surface area contributed by atoms with Crippen LogP contribution < -0.4 is 16.9 Å². The number of imidazole rings is 2. The van der Waals surface area contributed by atoms with Crippen molar-refractivity contribution in [1.29, 1.82) is 0 Å². The maximum atomic E-state index is 15.5. The molecule has 224 valence electrons. The highest BCUT2D eigenvalue weighted by molar-refractivity contribution is 7.47. The number of nitrogens with zero attached hydrogens (tertiary/aromatic N) is 6. The highest BCUT2D eigenvalue weighted by Crippen LogP contribution is 2.63. The summed E-state index contributed by atoms with van der Waals surface area (Å²) in [7, 11) is -5.31. The molecule has 4 aromatic rings. The minimum absolute atomic E-state index is 0.0325. The van der Waals surface area contributed by atoms with Crippen molar-refractivity contribution in [3.05, 3.63) is 39.7 Å². The Morgan fingerprint density at radius 2 is 1.76 bits per heavy atom. The molecule has 2 unspecified atom stereocenters. The lowest BCUT2D eigenvalue weighted by Gasteiger charge is -2.25. The zero-order valence-corrected chi connectivity index (χ0v) is 21.6. The number of phosphoric ester groups is 1. The van der Waals surface area contributed by atoms with Crippen LogP contribution in [0.3, 0.4) is 0 Å². The predicted octanol–water partition coefficient (Wildman–Crippen LogP) is -2.09. The number of ether oxygens (including phenoxy) is 2. The second-order valence-electron chi connectivity index (χ2n) is 9.82. The van der Waals surface area contributed by atoms with Crippen LogP contribution in [0.25, 0.3) is 22.3 Å². The molecule has 0 amide bonds. The van der Waals surface area contributed by atoms with Gasteiger partial charge in [0.25, 0.3) is 11.1 Å². The second-order valence-corrected chi connectivity index (χ2v) is 11.2. The number of phosphoric acid groups is 1. The Hall–Kier alpha value is -3.69. The minimum Gasteiger partial charge on any atom is -0.394 e. The van der Waals surface area contributed by atoms with Crippen molar-refractivity contribution >= 4 is 36.1 Å². The molecule has 22 heteroatoms. The molecule has 0 aromatic carbocycles. The van der Waals surface area contributed by atoms with Crippen LogP contribution in [-0.4, -0.2) is 103 Å². The van der Waals surface area contributed by atoms with Crippen LogP contribution in [0.1, 0.15) is 12.5 Å². The SMILES string of the molecule is Nc1nc2c(ncn2[C@@H]2O[C@H](CO)[C@@H](F)[C@H]2OP(=O)(O)OC2[C@H]3O[C@@H](n4cnc5c(=O)[nH]cnc54)[C@@H](F)[C@@]23O)c(=O)[nH]1. The van der Waals surface area contributed by atoms with E-state index in [1.807, 2.05) is 0 Å². The van der Waals surface area contributed by atoms with Gasteiger partial charge in [-0.1, -0.05) is 0 Å². The maximum Gasteiger partial charge on any atom is 0.473 e. The number of nitrogens with one attached hydrogen (secondary N) is 2. The standard InChI is InChI=1S/C20H20F2N9O10P/c21-6-5(1-32)38-17(31-4-27-8-14(31)28-19(23)29-16(8)34)9(6)40-42(36,37)41-12-11-20(12,35)10(22)18(39-11)30-3-26-7-13(30)24-2-25-15(7)33/h2-6,9-12,17-18,32,35H,1H2,(H,36,37)(H,24,25,33)(H3,23,28,29,34)/t5-,6-,9-,10-,11-,12?,17-,18-,20+/m1/s1. The number of aliphatic hydroxyl groups excluding tert-OH is 1. The van der Waals surface area contributed by atoms with Gasteiger partial charge in [-0.2, -0.15) is 4.98 Å². The van der Waals surface area contributed by atoms with Crippen molar-refractivity contribution in [2.24, 2.45) is 0 Å². The molecular formula is C20H20F2N9O10P. The Labute approximate surface area is 229 Å². The normalized spacial score (nSPS) is 35.5. The van der Waals surface area contributed by atoms with E-state index >= 15 is 8.78 Å². The number of aromatic amines is 2. The average Bonchev–Trinajstić information content (AvgIpc) is 3.45. The molecule has 0 bridgehead atoms. The van der Waals surface area contributed by atoms with E-state index < -0.39 is 80.4 Å². The van der Waals surface area contributed by atoms with Gasteiger partial charge in [-0.05, 0) is 0 Å². The van der Waals surface area contributed by atoms with E-state index in [4.69, 9.17) is 24.3 Å². The number of hydrogen-bond acceptors (Lipinski definition) is 14. The summed E-state index contributed by atoms with van der Waals surface area (Å²) in [6, 6.07) is 0. The number of alkyl halides is 2. The van der Waals surface area contributed by atoms with E-state index in [1.165, 1.54) is 0 Å². The Bertz CT molecular complexity index is 1880. The number of nitrogens with two attached hydrogens (primary N) is 1. The molecule has 42 heavy (non-hydrogen) atoms. The largest absolute Gasteiger partial charge is 0.473 e. The molecule has 0 spiro atoms. The number of hydrogen-bond donors (Lipinski definition) is 6. The second kappa shape index (κ2) is 9.15. The van der Waals surface area contributed by atoms with E-state index in [9.17, 15) is 29.3 Å². The first-order valence-electron chi connectivity index (χ1n) is 12.2. The summed E-state index contributed by atoms with van der Waals surface area (Å²) in [5.74, 6) is -0.310. The Balaban J connectivity index is 1.11. The van der Waals surface area contributed by atoms with E-state index in [2.05, 4.69) is 29.9 Å². The summed E-state index contributed by atoms with van der Waals surface area (Å²) >= 11 is 0. The summed E-state index contributed by atoms with van der Waals surface area (Å²) in [6.45, 7) is -0.857. The molecule has 0 radical (unpaired) electrons. The fraction of sp³-hybridized carbons (Fsp3) is 0.500. The molecule has 3 aliphatic rings. The molecular weight excluding hydrogens is 595 g/mol. The molecule has 2 saturated heterocycles. The molecule has 7 rings (SSSR count). The lowest BCUT2D eigenvalue weighted by atomic mass is 10.1.